The minimum atomic E-state index is -0.219. The largest absolute Gasteiger partial charge is 0.342 e. The summed E-state index contributed by atoms with van der Waals surface area (Å²) in [6, 6.07) is 3.71. The Bertz CT molecular complexity index is 775. The van der Waals surface area contributed by atoms with Gasteiger partial charge in [-0.1, -0.05) is 6.07 Å². The molecule has 1 aromatic rings. The van der Waals surface area contributed by atoms with Gasteiger partial charge in [0.15, 0.2) is 0 Å². The topological polar surface area (TPSA) is 82.6 Å². The Morgan fingerprint density at radius 2 is 1.52 bits per heavy atom. The number of hydrogen-bond donors (Lipinski definition) is 1. The Morgan fingerprint density at radius 1 is 0.897 bits per heavy atom. The number of pyridine rings is 1. The lowest BCUT2D eigenvalue weighted by Crippen LogP contribution is -2.50. The molecular weight excluding hydrogens is 368 g/mol. The van der Waals surface area contributed by atoms with E-state index in [0.717, 1.165) is 50.6 Å². The van der Waals surface area contributed by atoms with Gasteiger partial charge in [0.2, 0.25) is 17.7 Å². The van der Waals surface area contributed by atoms with Crippen molar-refractivity contribution in [3.05, 3.63) is 23.9 Å². The van der Waals surface area contributed by atoms with E-state index in [2.05, 4.69) is 10.3 Å². The average molecular weight is 399 g/mol. The molecule has 3 aliphatic rings. The summed E-state index contributed by atoms with van der Waals surface area (Å²) in [4.78, 5) is 46.1. The molecule has 1 aliphatic carbocycles. The van der Waals surface area contributed by atoms with Crippen molar-refractivity contribution in [1.82, 2.24) is 14.8 Å². The lowest BCUT2D eigenvalue weighted by atomic mass is 9.92. The summed E-state index contributed by atoms with van der Waals surface area (Å²) in [5.74, 6) is 0.643. The maximum Gasteiger partial charge on any atom is 0.230 e. The smallest absolute Gasteiger partial charge is 0.230 e. The summed E-state index contributed by atoms with van der Waals surface area (Å²) in [6.45, 7) is 4.40. The molecule has 1 aromatic heterocycles. The summed E-state index contributed by atoms with van der Waals surface area (Å²) in [5, 5.41) is 2.88. The number of nitrogens with zero attached hydrogens (tertiary/aromatic N) is 3. The Kier molecular flexibility index (Phi) is 5.83. The Labute approximate surface area is 171 Å². The van der Waals surface area contributed by atoms with E-state index in [9.17, 15) is 14.4 Å². The van der Waals surface area contributed by atoms with Crippen molar-refractivity contribution in [2.75, 3.05) is 31.5 Å². The number of aryl methyl sites for hydroxylation is 1. The number of carbonyl (C=O) groups excluding carboxylic acids is 3. The molecule has 2 atom stereocenters. The van der Waals surface area contributed by atoms with Crippen molar-refractivity contribution < 1.29 is 14.4 Å². The van der Waals surface area contributed by atoms with Crippen molar-refractivity contribution in [3.63, 3.8) is 0 Å². The van der Waals surface area contributed by atoms with Crippen LogP contribution in [0.1, 0.15) is 44.1 Å². The molecule has 3 fully saturated rings. The van der Waals surface area contributed by atoms with Gasteiger partial charge < -0.3 is 15.1 Å². The van der Waals surface area contributed by atoms with E-state index >= 15 is 0 Å². The molecule has 0 bridgehead atoms. The van der Waals surface area contributed by atoms with Gasteiger partial charge in [-0.2, -0.15) is 0 Å². The number of rotatable bonds is 4. The normalized spacial score (nSPS) is 24.9. The van der Waals surface area contributed by atoms with Crippen LogP contribution in [0.5, 0.6) is 0 Å². The van der Waals surface area contributed by atoms with Gasteiger partial charge in [0, 0.05) is 38.3 Å². The van der Waals surface area contributed by atoms with Crippen LogP contribution in [0, 0.1) is 24.7 Å². The molecule has 3 heterocycles. The highest BCUT2D eigenvalue weighted by molar-refractivity contribution is 5.92. The number of carbonyl (C=O) groups is 3. The number of likely N-dealkylation sites (tertiary alicyclic amines) is 2. The van der Waals surface area contributed by atoms with E-state index in [1.807, 2.05) is 22.8 Å². The van der Waals surface area contributed by atoms with Crippen LogP contribution in [0.25, 0.3) is 0 Å². The van der Waals surface area contributed by atoms with Gasteiger partial charge in [-0.15, -0.1) is 0 Å². The summed E-state index contributed by atoms with van der Waals surface area (Å²) in [6.07, 6.45) is 7.02. The van der Waals surface area contributed by atoms with Crippen LogP contribution < -0.4 is 5.32 Å². The molecule has 2 aliphatic heterocycles. The summed E-state index contributed by atoms with van der Waals surface area (Å²) < 4.78 is 0. The molecule has 2 unspecified atom stereocenters. The highest BCUT2D eigenvalue weighted by Gasteiger charge is 2.38. The van der Waals surface area contributed by atoms with Crippen LogP contribution in [-0.4, -0.2) is 58.7 Å². The predicted octanol–water partition coefficient (Wildman–Crippen LogP) is 2.22. The number of piperidine rings is 2. The number of amides is 3. The molecule has 4 rings (SSSR count). The second-order valence-electron chi connectivity index (χ2n) is 8.73. The van der Waals surface area contributed by atoms with Gasteiger partial charge in [0.05, 0.1) is 11.8 Å². The zero-order chi connectivity index (χ0) is 20.4. The van der Waals surface area contributed by atoms with Crippen molar-refractivity contribution in [3.8, 4) is 0 Å². The third kappa shape index (κ3) is 4.77. The molecular formula is C22H30N4O3. The first-order chi connectivity index (χ1) is 14.0. The van der Waals surface area contributed by atoms with Gasteiger partial charge in [-0.25, -0.2) is 4.98 Å². The fourth-order valence-corrected chi connectivity index (χ4v) is 4.39. The predicted molar refractivity (Wildman–Crippen MR) is 109 cm³/mol. The van der Waals surface area contributed by atoms with E-state index in [1.54, 1.807) is 12.3 Å². The highest BCUT2D eigenvalue weighted by atomic mass is 16.2. The number of hydrogen-bond acceptors (Lipinski definition) is 4. The third-order valence-corrected chi connectivity index (χ3v) is 6.28. The minimum Gasteiger partial charge on any atom is -0.342 e. The first kappa shape index (κ1) is 19.9. The fraction of sp³-hybridized carbons (Fsp3) is 0.636. The summed E-state index contributed by atoms with van der Waals surface area (Å²) in [5.41, 5.74) is 1.04. The summed E-state index contributed by atoms with van der Waals surface area (Å²) >= 11 is 0. The molecule has 0 radical (unpaired) electrons. The summed E-state index contributed by atoms with van der Waals surface area (Å²) in [7, 11) is 0. The molecule has 7 heteroatoms. The van der Waals surface area contributed by atoms with E-state index < -0.39 is 0 Å². The Morgan fingerprint density at radius 3 is 2.14 bits per heavy atom. The quantitative estimate of drug-likeness (QED) is 0.843. The van der Waals surface area contributed by atoms with Crippen LogP contribution in [-0.2, 0) is 14.4 Å². The molecule has 7 nitrogen and oxygen atoms in total. The molecule has 0 spiro atoms. The SMILES string of the molecule is Cc1ccc(NC(=O)C2CCCN(C(=O)C3CCCN(C(=O)C4CC4)C3)C2)nc1. The average Bonchev–Trinajstić information content (AvgIpc) is 3.60. The van der Waals surface area contributed by atoms with Crippen molar-refractivity contribution >= 4 is 23.5 Å². The second kappa shape index (κ2) is 8.51. The third-order valence-electron chi connectivity index (χ3n) is 6.28. The van der Waals surface area contributed by atoms with Gasteiger partial charge in [-0.3, -0.25) is 14.4 Å². The number of anilines is 1. The second-order valence-corrected chi connectivity index (χ2v) is 8.73. The molecule has 0 aromatic carbocycles. The first-order valence-corrected chi connectivity index (χ1v) is 10.8. The van der Waals surface area contributed by atoms with Crippen molar-refractivity contribution in [1.29, 1.82) is 0 Å². The van der Waals surface area contributed by atoms with Gasteiger partial charge in [0.25, 0.3) is 0 Å². The standard InChI is InChI=1S/C22H30N4O3/c1-15-6-9-19(23-12-15)24-20(27)17-4-2-10-25(13-17)22(29)18-5-3-11-26(14-18)21(28)16-7-8-16/h6,9,12,16-18H,2-5,7-8,10-11,13-14H2,1H3,(H,23,24,27). The number of aromatic nitrogens is 1. The maximum atomic E-state index is 13.1. The van der Waals surface area contributed by atoms with Crippen LogP contribution >= 0.6 is 0 Å². The highest BCUT2D eigenvalue weighted by Crippen LogP contribution is 2.33. The van der Waals surface area contributed by atoms with Crippen molar-refractivity contribution in [2.45, 2.75) is 45.4 Å². The molecule has 1 saturated carbocycles. The van der Waals surface area contributed by atoms with Gasteiger partial charge in [0.1, 0.15) is 5.82 Å². The van der Waals surface area contributed by atoms with Crippen LogP contribution in [0.4, 0.5) is 5.82 Å². The molecule has 156 valence electrons. The van der Waals surface area contributed by atoms with Crippen LogP contribution in [0.3, 0.4) is 0 Å². The van der Waals surface area contributed by atoms with Crippen molar-refractivity contribution in [2.24, 2.45) is 17.8 Å². The van der Waals surface area contributed by atoms with E-state index in [4.69, 9.17) is 0 Å². The molecule has 3 amide bonds. The first-order valence-electron chi connectivity index (χ1n) is 10.8. The lowest BCUT2D eigenvalue weighted by molar-refractivity contribution is -0.143. The molecule has 29 heavy (non-hydrogen) atoms. The minimum absolute atomic E-state index is 0.0759. The molecule has 1 N–H and O–H groups in total. The lowest BCUT2D eigenvalue weighted by Gasteiger charge is -2.38. The van der Waals surface area contributed by atoms with E-state index in [0.29, 0.717) is 25.5 Å². The zero-order valence-corrected chi connectivity index (χ0v) is 17.1. The Hall–Kier alpha value is -2.44. The Balaban J connectivity index is 1.33. The fourth-order valence-electron chi connectivity index (χ4n) is 4.39. The maximum absolute atomic E-state index is 13.1. The van der Waals surface area contributed by atoms with E-state index in [1.165, 1.54) is 0 Å². The number of nitrogens with one attached hydrogen (secondary N) is 1. The van der Waals surface area contributed by atoms with Gasteiger partial charge in [-0.05, 0) is 57.1 Å². The van der Waals surface area contributed by atoms with E-state index in [-0.39, 0.29) is 35.5 Å². The monoisotopic (exact) mass is 398 g/mol. The van der Waals surface area contributed by atoms with Crippen LogP contribution in [0.15, 0.2) is 18.3 Å². The zero-order valence-electron chi connectivity index (χ0n) is 17.1. The van der Waals surface area contributed by atoms with Gasteiger partial charge >= 0.3 is 0 Å². The van der Waals surface area contributed by atoms with Crippen LogP contribution in [0.2, 0.25) is 0 Å². The molecule has 2 saturated heterocycles.